The summed E-state index contributed by atoms with van der Waals surface area (Å²) in [6, 6.07) is 5.86. The van der Waals surface area contributed by atoms with Crippen LogP contribution in [0.1, 0.15) is 12.5 Å². The second-order valence-electron chi connectivity index (χ2n) is 4.60. The van der Waals surface area contributed by atoms with Crippen LogP contribution in [-0.4, -0.2) is 31.4 Å². The molecule has 1 rings (SSSR count). The maximum Gasteiger partial charge on any atom is 0.223 e. The van der Waals surface area contributed by atoms with Gasteiger partial charge in [-0.1, -0.05) is 22.9 Å². The van der Waals surface area contributed by atoms with Gasteiger partial charge >= 0.3 is 0 Å². The molecule has 1 atom stereocenters. The highest BCUT2D eigenvalue weighted by Gasteiger charge is 2.13. The number of hydrogen-bond donors (Lipinski definition) is 2. The van der Waals surface area contributed by atoms with E-state index in [9.17, 15) is 4.79 Å². The Balaban J connectivity index is 2.59. The van der Waals surface area contributed by atoms with E-state index in [4.69, 9.17) is 5.73 Å². The molecule has 0 heterocycles. The molecule has 18 heavy (non-hydrogen) atoms. The van der Waals surface area contributed by atoms with Crippen molar-refractivity contribution in [3.8, 4) is 0 Å². The van der Waals surface area contributed by atoms with Crippen LogP contribution in [0.25, 0.3) is 0 Å². The van der Waals surface area contributed by atoms with Crippen molar-refractivity contribution in [2.45, 2.75) is 13.5 Å². The third-order valence-corrected chi connectivity index (χ3v) is 3.17. The number of rotatable bonds is 5. The van der Waals surface area contributed by atoms with Crippen LogP contribution in [0.3, 0.4) is 0 Å². The lowest BCUT2D eigenvalue weighted by Crippen LogP contribution is -2.34. The van der Waals surface area contributed by atoms with Gasteiger partial charge in [0.25, 0.3) is 0 Å². The average molecular weight is 314 g/mol. The van der Waals surface area contributed by atoms with E-state index < -0.39 is 0 Å². The van der Waals surface area contributed by atoms with Gasteiger partial charge < -0.3 is 16.0 Å². The first-order chi connectivity index (χ1) is 8.42. The van der Waals surface area contributed by atoms with Crippen LogP contribution in [0.4, 0.5) is 5.69 Å². The molecule has 0 fully saturated rings. The Morgan fingerprint density at radius 3 is 2.72 bits per heavy atom. The third kappa shape index (κ3) is 4.66. The van der Waals surface area contributed by atoms with Crippen LogP contribution in [0.5, 0.6) is 0 Å². The topological polar surface area (TPSA) is 58.4 Å². The molecule has 1 unspecified atom stereocenters. The van der Waals surface area contributed by atoms with Crippen molar-refractivity contribution >= 4 is 27.5 Å². The van der Waals surface area contributed by atoms with Crippen molar-refractivity contribution in [1.82, 2.24) is 10.2 Å². The zero-order valence-electron chi connectivity index (χ0n) is 11.0. The number of nitrogens with one attached hydrogen (secondary N) is 1. The number of nitrogens with two attached hydrogens (primary N) is 1. The minimum Gasteiger partial charge on any atom is -0.399 e. The predicted octanol–water partition coefficient (Wildman–Crippen LogP) is 1.85. The van der Waals surface area contributed by atoms with Crippen molar-refractivity contribution < 1.29 is 4.79 Å². The zero-order chi connectivity index (χ0) is 13.7. The van der Waals surface area contributed by atoms with E-state index in [0.29, 0.717) is 6.54 Å². The number of nitrogen functional groups attached to an aromatic ring is 1. The second kappa shape index (κ2) is 6.75. The van der Waals surface area contributed by atoms with E-state index >= 15 is 0 Å². The normalized spacial score (nSPS) is 12.5. The molecule has 0 radical (unpaired) electrons. The smallest absolute Gasteiger partial charge is 0.223 e. The Morgan fingerprint density at radius 2 is 2.17 bits per heavy atom. The molecule has 0 bridgehead atoms. The van der Waals surface area contributed by atoms with E-state index in [-0.39, 0.29) is 11.8 Å². The molecule has 100 valence electrons. The van der Waals surface area contributed by atoms with Gasteiger partial charge in [0, 0.05) is 36.2 Å². The van der Waals surface area contributed by atoms with Gasteiger partial charge in [-0.3, -0.25) is 4.79 Å². The third-order valence-electron chi connectivity index (χ3n) is 2.71. The van der Waals surface area contributed by atoms with Gasteiger partial charge in [0.15, 0.2) is 0 Å². The first kappa shape index (κ1) is 15.0. The fraction of sp³-hybridized carbons (Fsp3) is 0.462. The Kier molecular flexibility index (Phi) is 5.62. The van der Waals surface area contributed by atoms with Crippen LogP contribution in [0.15, 0.2) is 22.7 Å². The van der Waals surface area contributed by atoms with Gasteiger partial charge in [-0.2, -0.15) is 0 Å². The highest BCUT2D eigenvalue weighted by molar-refractivity contribution is 9.10. The molecule has 0 aliphatic heterocycles. The molecule has 0 aliphatic carbocycles. The Labute approximate surface area is 117 Å². The number of benzene rings is 1. The number of carbonyl (C=O) groups excluding carboxylic acids is 1. The molecule has 1 aromatic rings. The van der Waals surface area contributed by atoms with Crippen molar-refractivity contribution in [2.75, 3.05) is 26.4 Å². The van der Waals surface area contributed by atoms with E-state index in [1.807, 2.05) is 32.2 Å². The van der Waals surface area contributed by atoms with E-state index in [1.165, 1.54) is 0 Å². The predicted molar refractivity (Wildman–Crippen MR) is 78.1 cm³/mol. The van der Waals surface area contributed by atoms with Crippen molar-refractivity contribution in [1.29, 1.82) is 0 Å². The number of carbonyl (C=O) groups is 1. The zero-order valence-corrected chi connectivity index (χ0v) is 12.6. The van der Waals surface area contributed by atoms with E-state index in [1.54, 1.807) is 7.05 Å². The van der Waals surface area contributed by atoms with Crippen molar-refractivity contribution in [3.63, 3.8) is 0 Å². The standard InChI is InChI=1S/C13H20BrN3O/c1-9(13(18)16-2)7-17(3)8-10-4-11(14)6-12(15)5-10/h4-6,9H,7-8,15H2,1-3H3,(H,16,18). The summed E-state index contributed by atoms with van der Waals surface area (Å²) in [6.45, 7) is 3.40. The highest BCUT2D eigenvalue weighted by Crippen LogP contribution is 2.18. The molecule has 0 saturated carbocycles. The highest BCUT2D eigenvalue weighted by atomic mass is 79.9. The fourth-order valence-corrected chi connectivity index (χ4v) is 2.50. The summed E-state index contributed by atoms with van der Waals surface area (Å²) >= 11 is 3.43. The lowest BCUT2D eigenvalue weighted by atomic mass is 10.1. The van der Waals surface area contributed by atoms with Crippen LogP contribution >= 0.6 is 15.9 Å². The maximum atomic E-state index is 11.4. The summed E-state index contributed by atoms with van der Waals surface area (Å²) in [4.78, 5) is 13.6. The number of halogens is 1. The Bertz CT molecular complexity index is 402. The maximum absolute atomic E-state index is 11.4. The summed E-state index contributed by atoms with van der Waals surface area (Å²) in [5.74, 6) is 0.0418. The molecule has 4 nitrogen and oxygen atoms in total. The van der Waals surface area contributed by atoms with Gasteiger partial charge in [0.1, 0.15) is 0 Å². The van der Waals surface area contributed by atoms with Crippen LogP contribution in [0.2, 0.25) is 0 Å². The quantitative estimate of drug-likeness (QED) is 0.816. The van der Waals surface area contributed by atoms with Gasteiger partial charge in [-0.15, -0.1) is 0 Å². The van der Waals surface area contributed by atoms with Crippen molar-refractivity contribution in [3.05, 3.63) is 28.2 Å². The van der Waals surface area contributed by atoms with Crippen LogP contribution < -0.4 is 11.1 Å². The summed E-state index contributed by atoms with van der Waals surface area (Å²) in [5.41, 5.74) is 7.67. The largest absolute Gasteiger partial charge is 0.399 e. The Morgan fingerprint density at radius 1 is 1.50 bits per heavy atom. The molecular formula is C13H20BrN3O. The summed E-state index contributed by atoms with van der Waals surface area (Å²) < 4.78 is 0.977. The number of amides is 1. The minimum absolute atomic E-state index is 0.0236. The molecule has 1 aromatic carbocycles. The van der Waals surface area contributed by atoms with Gasteiger partial charge in [-0.25, -0.2) is 0 Å². The second-order valence-corrected chi connectivity index (χ2v) is 5.52. The molecule has 0 spiro atoms. The SMILES string of the molecule is CNC(=O)C(C)CN(C)Cc1cc(N)cc(Br)c1. The van der Waals surface area contributed by atoms with Gasteiger partial charge in [0.05, 0.1) is 0 Å². The first-order valence-corrected chi connectivity index (χ1v) is 6.66. The average Bonchev–Trinajstić information content (AvgIpc) is 2.25. The van der Waals surface area contributed by atoms with E-state index in [2.05, 4.69) is 26.1 Å². The monoisotopic (exact) mass is 313 g/mol. The number of anilines is 1. The van der Waals surface area contributed by atoms with E-state index in [0.717, 1.165) is 22.3 Å². The molecule has 0 aliphatic rings. The first-order valence-electron chi connectivity index (χ1n) is 5.87. The lowest BCUT2D eigenvalue weighted by molar-refractivity contribution is -0.124. The summed E-state index contributed by atoms with van der Waals surface area (Å²) in [6.07, 6.45) is 0. The summed E-state index contributed by atoms with van der Waals surface area (Å²) in [7, 11) is 3.66. The number of nitrogens with zero attached hydrogens (tertiary/aromatic N) is 1. The molecule has 0 saturated heterocycles. The summed E-state index contributed by atoms with van der Waals surface area (Å²) in [5, 5.41) is 2.66. The molecule has 0 aromatic heterocycles. The van der Waals surface area contributed by atoms with Crippen LogP contribution in [0, 0.1) is 5.92 Å². The number of hydrogen-bond acceptors (Lipinski definition) is 3. The molecular weight excluding hydrogens is 294 g/mol. The fourth-order valence-electron chi connectivity index (χ4n) is 1.94. The minimum atomic E-state index is -0.0236. The van der Waals surface area contributed by atoms with Gasteiger partial charge in [-0.05, 0) is 30.8 Å². The molecule has 1 amide bonds. The lowest BCUT2D eigenvalue weighted by Gasteiger charge is -2.20. The van der Waals surface area contributed by atoms with Crippen molar-refractivity contribution in [2.24, 2.45) is 5.92 Å². The Hall–Kier alpha value is -1.07. The van der Waals surface area contributed by atoms with Gasteiger partial charge in [0.2, 0.25) is 5.91 Å². The van der Waals surface area contributed by atoms with Crippen LogP contribution in [-0.2, 0) is 11.3 Å². The molecule has 3 N–H and O–H groups in total. The molecule has 5 heteroatoms.